The number of allylic oxidation sites excluding steroid dienone is 2. The van der Waals surface area contributed by atoms with E-state index in [1.54, 1.807) is 0 Å². The molecule has 0 fully saturated rings. The van der Waals surface area contributed by atoms with Crippen molar-refractivity contribution in [1.29, 1.82) is 0 Å². The zero-order valence-corrected chi connectivity index (χ0v) is 10.2. The highest BCUT2D eigenvalue weighted by atomic mass is 79.9. The summed E-state index contributed by atoms with van der Waals surface area (Å²) in [6.45, 7) is 8.62. The van der Waals surface area contributed by atoms with Crippen LogP contribution in [0.25, 0.3) is 5.57 Å². The van der Waals surface area contributed by atoms with Gasteiger partial charge in [-0.25, -0.2) is 0 Å². The number of benzene rings is 1. The van der Waals surface area contributed by atoms with E-state index in [-0.39, 0.29) is 0 Å². The van der Waals surface area contributed by atoms with Gasteiger partial charge in [0.2, 0.25) is 0 Å². The van der Waals surface area contributed by atoms with Crippen LogP contribution < -0.4 is 0 Å². The van der Waals surface area contributed by atoms with Crippen molar-refractivity contribution in [3.05, 3.63) is 39.4 Å². The summed E-state index contributed by atoms with van der Waals surface area (Å²) in [7, 11) is 0. The van der Waals surface area contributed by atoms with Gasteiger partial charge in [-0.1, -0.05) is 27.6 Å². The SMILES string of the molecule is CC(C)=C(C)c1ccc(Br)cc1C. The molecule has 0 heterocycles. The third-order valence-electron chi connectivity index (χ3n) is 2.34. The van der Waals surface area contributed by atoms with Gasteiger partial charge in [0.05, 0.1) is 0 Å². The molecule has 0 aliphatic rings. The molecule has 1 rings (SSSR count). The molecule has 0 nitrogen and oxygen atoms in total. The lowest BCUT2D eigenvalue weighted by molar-refractivity contribution is 1.33. The predicted octanol–water partition coefficient (Wildman–Crippen LogP) is 4.57. The van der Waals surface area contributed by atoms with Crippen molar-refractivity contribution in [2.45, 2.75) is 27.7 Å². The molecule has 0 spiro atoms. The van der Waals surface area contributed by atoms with E-state index in [1.807, 2.05) is 0 Å². The number of hydrogen-bond acceptors (Lipinski definition) is 0. The third-order valence-corrected chi connectivity index (χ3v) is 2.84. The number of aryl methyl sites for hydroxylation is 1. The Bertz CT molecular complexity index is 344. The van der Waals surface area contributed by atoms with Crippen LogP contribution in [0.15, 0.2) is 28.2 Å². The molecular formula is C12H15Br. The number of hydrogen-bond donors (Lipinski definition) is 0. The van der Waals surface area contributed by atoms with Gasteiger partial charge in [-0.2, -0.15) is 0 Å². The first-order chi connectivity index (χ1) is 6.02. The molecule has 0 aliphatic carbocycles. The minimum Gasteiger partial charge on any atom is -0.0729 e. The van der Waals surface area contributed by atoms with Gasteiger partial charge in [0.15, 0.2) is 0 Å². The first-order valence-corrected chi connectivity index (χ1v) is 5.22. The second-order valence-corrected chi connectivity index (χ2v) is 4.50. The Morgan fingerprint density at radius 3 is 2.23 bits per heavy atom. The Morgan fingerprint density at radius 1 is 1.15 bits per heavy atom. The van der Waals surface area contributed by atoms with E-state index in [0.29, 0.717) is 0 Å². The van der Waals surface area contributed by atoms with Crippen molar-refractivity contribution in [3.63, 3.8) is 0 Å². The highest BCUT2D eigenvalue weighted by Crippen LogP contribution is 2.24. The van der Waals surface area contributed by atoms with E-state index >= 15 is 0 Å². The molecule has 0 saturated heterocycles. The van der Waals surface area contributed by atoms with Gasteiger partial charge < -0.3 is 0 Å². The molecule has 13 heavy (non-hydrogen) atoms. The van der Waals surface area contributed by atoms with Crippen molar-refractivity contribution >= 4 is 21.5 Å². The molecule has 1 heteroatoms. The summed E-state index contributed by atoms with van der Waals surface area (Å²) in [4.78, 5) is 0. The normalized spacial score (nSPS) is 9.92. The van der Waals surface area contributed by atoms with Crippen molar-refractivity contribution in [3.8, 4) is 0 Å². The Kier molecular flexibility index (Phi) is 3.32. The van der Waals surface area contributed by atoms with Gasteiger partial charge >= 0.3 is 0 Å². The van der Waals surface area contributed by atoms with Crippen molar-refractivity contribution < 1.29 is 0 Å². The number of halogens is 1. The molecule has 70 valence electrons. The van der Waals surface area contributed by atoms with E-state index in [1.165, 1.54) is 22.3 Å². The quantitative estimate of drug-likeness (QED) is 0.673. The van der Waals surface area contributed by atoms with Crippen LogP contribution in [-0.4, -0.2) is 0 Å². The van der Waals surface area contributed by atoms with Crippen LogP contribution in [-0.2, 0) is 0 Å². The lowest BCUT2D eigenvalue weighted by atomic mass is 9.99. The second-order valence-electron chi connectivity index (χ2n) is 3.58. The average Bonchev–Trinajstić information content (AvgIpc) is 2.03. The maximum absolute atomic E-state index is 3.47. The van der Waals surface area contributed by atoms with Crippen LogP contribution in [0.4, 0.5) is 0 Å². The standard InChI is InChI=1S/C12H15Br/c1-8(2)10(4)12-6-5-11(13)7-9(12)3/h5-7H,1-4H3. The maximum atomic E-state index is 3.47. The minimum absolute atomic E-state index is 1.15. The zero-order valence-electron chi connectivity index (χ0n) is 8.61. The van der Waals surface area contributed by atoms with Crippen molar-refractivity contribution in [1.82, 2.24) is 0 Å². The van der Waals surface area contributed by atoms with Crippen LogP contribution in [0.2, 0.25) is 0 Å². The summed E-state index contributed by atoms with van der Waals surface area (Å²) < 4.78 is 1.15. The molecule has 0 aliphatic heterocycles. The molecule has 0 saturated carbocycles. The topological polar surface area (TPSA) is 0 Å². The summed E-state index contributed by atoms with van der Waals surface area (Å²) >= 11 is 3.47. The molecule has 0 bridgehead atoms. The van der Waals surface area contributed by atoms with Crippen LogP contribution in [0, 0.1) is 6.92 Å². The molecule has 1 aromatic rings. The first kappa shape index (κ1) is 10.5. The molecule has 0 N–H and O–H groups in total. The molecule has 0 radical (unpaired) electrons. The monoisotopic (exact) mass is 238 g/mol. The van der Waals surface area contributed by atoms with Gasteiger partial charge in [0.25, 0.3) is 0 Å². The van der Waals surface area contributed by atoms with Crippen molar-refractivity contribution in [2.24, 2.45) is 0 Å². The Hall–Kier alpha value is -0.560. The van der Waals surface area contributed by atoms with Gasteiger partial charge in [-0.3, -0.25) is 0 Å². The van der Waals surface area contributed by atoms with E-state index in [9.17, 15) is 0 Å². The molecule has 0 unspecified atom stereocenters. The van der Waals surface area contributed by atoms with Crippen molar-refractivity contribution in [2.75, 3.05) is 0 Å². The van der Waals surface area contributed by atoms with E-state index < -0.39 is 0 Å². The third kappa shape index (κ3) is 2.44. The Balaban J connectivity index is 3.25. The zero-order chi connectivity index (χ0) is 10.0. The number of rotatable bonds is 1. The van der Waals surface area contributed by atoms with Crippen LogP contribution in [0.5, 0.6) is 0 Å². The molecule has 0 amide bonds. The minimum atomic E-state index is 1.15. The largest absolute Gasteiger partial charge is 0.0729 e. The molecular weight excluding hydrogens is 224 g/mol. The maximum Gasteiger partial charge on any atom is 0.0178 e. The van der Waals surface area contributed by atoms with E-state index in [4.69, 9.17) is 0 Å². The van der Waals surface area contributed by atoms with Crippen LogP contribution in [0.1, 0.15) is 31.9 Å². The summed E-state index contributed by atoms with van der Waals surface area (Å²) in [5.41, 5.74) is 5.44. The smallest absolute Gasteiger partial charge is 0.0178 e. The van der Waals surface area contributed by atoms with Crippen LogP contribution >= 0.6 is 15.9 Å². The summed E-state index contributed by atoms with van der Waals surface area (Å²) in [5.74, 6) is 0. The average molecular weight is 239 g/mol. The summed E-state index contributed by atoms with van der Waals surface area (Å²) in [5, 5.41) is 0. The molecule has 0 aromatic heterocycles. The molecule has 0 atom stereocenters. The van der Waals surface area contributed by atoms with Gasteiger partial charge in [0, 0.05) is 4.47 Å². The van der Waals surface area contributed by atoms with Gasteiger partial charge in [-0.05, 0) is 56.5 Å². The fraction of sp³-hybridized carbons (Fsp3) is 0.333. The Labute approximate surface area is 88.8 Å². The van der Waals surface area contributed by atoms with E-state index in [0.717, 1.165) is 4.47 Å². The lowest BCUT2D eigenvalue weighted by Crippen LogP contribution is -1.87. The summed E-state index contributed by atoms with van der Waals surface area (Å²) in [6, 6.07) is 6.41. The highest BCUT2D eigenvalue weighted by Gasteiger charge is 2.01. The fourth-order valence-corrected chi connectivity index (χ4v) is 1.79. The highest BCUT2D eigenvalue weighted by molar-refractivity contribution is 9.10. The first-order valence-electron chi connectivity index (χ1n) is 4.43. The van der Waals surface area contributed by atoms with Gasteiger partial charge in [-0.15, -0.1) is 0 Å². The summed E-state index contributed by atoms with van der Waals surface area (Å²) in [6.07, 6.45) is 0. The predicted molar refractivity (Wildman–Crippen MR) is 62.8 cm³/mol. The fourth-order valence-electron chi connectivity index (χ4n) is 1.32. The second kappa shape index (κ2) is 4.10. The molecule has 1 aromatic carbocycles. The van der Waals surface area contributed by atoms with Gasteiger partial charge in [0.1, 0.15) is 0 Å². The Morgan fingerprint density at radius 2 is 1.77 bits per heavy atom. The van der Waals surface area contributed by atoms with Crippen LogP contribution in [0.3, 0.4) is 0 Å². The van der Waals surface area contributed by atoms with E-state index in [2.05, 4.69) is 61.8 Å². The lowest BCUT2D eigenvalue weighted by Gasteiger charge is -2.08.